The molecule has 3 rings (SSSR count). The number of nitrogens with zero attached hydrogens (tertiary/aromatic N) is 2. The molecule has 0 saturated carbocycles. The van der Waals surface area contributed by atoms with Crippen LogP contribution >= 0.6 is 0 Å². The van der Waals surface area contributed by atoms with Crippen LogP contribution in [-0.4, -0.2) is 35.0 Å². The van der Waals surface area contributed by atoms with Gasteiger partial charge in [0.1, 0.15) is 11.5 Å². The first kappa shape index (κ1) is 17.3. The van der Waals surface area contributed by atoms with Crippen molar-refractivity contribution in [1.29, 1.82) is 0 Å². The number of benzene rings is 1. The number of aromatic nitrogens is 2. The van der Waals surface area contributed by atoms with E-state index in [1.54, 1.807) is 0 Å². The lowest BCUT2D eigenvalue weighted by molar-refractivity contribution is 0.0925. The number of hydrogen-bond donors (Lipinski definition) is 2. The van der Waals surface area contributed by atoms with Gasteiger partial charge in [0.2, 0.25) is 0 Å². The van der Waals surface area contributed by atoms with Crippen LogP contribution < -0.4 is 10.6 Å². The molecular formula is C17H17F3N4O. The van der Waals surface area contributed by atoms with Crippen molar-refractivity contribution < 1.29 is 18.0 Å². The monoisotopic (exact) mass is 350 g/mol. The summed E-state index contributed by atoms with van der Waals surface area (Å²) in [4.78, 5) is 20.2. The summed E-state index contributed by atoms with van der Waals surface area (Å²) >= 11 is 0. The van der Waals surface area contributed by atoms with E-state index < -0.39 is 17.8 Å². The minimum absolute atomic E-state index is 0.0412. The van der Waals surface area contributed by atoms with Crippen LogP contribution in [-0.2, 0) is 0 Å². The first-order chi connectivity index (χ1) is 12.0. The molecule has 0 aliphatic carbocycles. The van der Waals surface area contributed by atoms with E-state index in [0.29, 0.717) is 6.54 Å². The third kappa shape index (κ3) is 4.33. The van der Waals surface area contributed by atoms with E-state index >= 15 is 0 Å². The lowest BCUT2D eigenvalue weighted by Gasteiger charge is -2.23. The fraction of sp³-hybridized carbons (Fsp3) is 0.353. The molecule has 1 fully saturated rings. The molecule has 1 saturated heterocycles. The molecule has 132 valence electrons. The number of hydrogen-bond acceptors (Lipinski definition) is 4. The van der Waals surface area contributed by atoms with Crippen molar-refractivity contribution in [1.82, 2.24) is 20.6 Å². The molecule has 2 N–H and O–H groups in total. The average molecular weight is 350 g/mol. The summed E-state index contributed by atoms with van der Waals surface area (Å²) in [5.74, 6) is -1.12. The normalized spacial score (nSPS) is 17.5. The van der Waals surface area contributed by atoms with Gasteiger partial charge in [0, 0.05) is 23.7 Å². The van der Waals surface area contributed by atoms with Crippen molar-refractivity contribution in [2.75, 3.05) is 13.1 Å². The van der Waals surface area contributed by atoms with Gasteiger partial charge in [-0.05, 0) is 37.6 Å². The van der Waals surface area contributed by atoms with E-state index in [1.165, 1.54) is 12.4 Å². The Bertz CT molecular complexity index is 746. The molecule has 1 unspecified atom stereocenters. The van der Waals surface area contributed by atoms with Crippen LogP contribution in [0.15, 0.2) is 30.6 Å². The molecule has 2 heterocycles. The molecule has 1 aromatic heterocycles. The van der Waals surface area contributed by atoms with Crippen LogP contribution in [0.4, 0.5) is 13.2 Å². The van der Waals surface area contributed by atoms with Gasteiger partial charge in [0.05, 0.1) is 18.1 Å². The van der Waals surface area contributed by atoms with Crippen LogP contribution in [0.25, 0.3) is 11.3 Å². The first-order valence-corrected chi connectivity index (χ1v) is 7.95. The zero-order valence-corrected chi connectivity index (χ0v) is 13.3. The zero-order chi connectivity index (χ0) is 17.8. The second-order valence-corrected chi connectivity index (χ2v) is 5.88. The van der Waals surface area contributed by atoms with E-state index in [-0.39, 0.29) is 28.9 Å². The van der Waals surface area contributed by atoms with Crippen molar-refractivity contribution in [3.8, 4) is 11.3 Å². The third-order valence-corrected chi connectivity index (χ3v) is 3.98. The Labute approximate surface area is 142 Å². The van der Waals surface area contributed by atoms with Gasteiger partial charge >= 0.3 is 0 Å². The Kier molecular flexibility index (Phi) is 5.28. The summed E-state index contributed by atoms with van der Waals surface area (Å²) in [6.07, 6.45) is 1.63. The van der Waals surface area contributed by atoms with E-state index in [0.717, 1.165) is 37.6 Å². The van der Waals surface area contributed by atoms with Gasteiger partial charge in [-0.2, -0.15) is 0 Å². The zero-order valence-electron chi connectivity index (χ0n) is 13.3. The van der Waals surface area contributed by atoms with Crippen molar-refractivity contribution in [3.05, 3.63) is 47.7 Å². The molecule has 0 bridgehead atoms. The largest absolute Gasteiger partial charge is 0.347 e. The Morgan fingerprint density at radius 1 is 1.24 bits per heavy atom. The molecule has 1 amide bonds. The maximum atomic E-state index is 13.5. The number of carbonyl (C=O) groups excluding carboxylic acids is 1. The summed E-state index contributed by atoms with van der Waals surface area (Å²) in [6, 6.07) is 3.08. The molecular weight excluding hydrogens is 333 g/mol. The molecule has 1 atom stereocenters. The minimum atomic E-state index is -2.78. The highest BCUT2D eigenvalue weighted by Crippen LogP contribution is 2.25. The standard InChI is InChI=1S/C17H17F3N4O/c18-12-5-10(4-11(6-12)16(19)20)14-8-23-15(9-22-14)17(25)24-13-2-1-3-21-7-13/h4-6,8-9,13,16,21H,1-3,7H2,(H,24,25). The Morgan fingerprint density at radius 2 is 2.08 bits per heavy atom. The van der Waals surface area contributed by atoms with Crippen LogP contribution in [0.1, 0.15) is 35.3 Å². The average Bonchev–Trinajstić information content (AvgIpc) is 2.62. The van der Waals surface area contributed by atoms with E-state index in [2.05, 4.69) is 20.6 Å². The van der Waals surface area contributed by atoms with Crippen molar-refractivity contribution in [2.24, 2.45) is 0 Å². The topological polar surface area (TPSA) is 66.9 Å². The summed E-state index contributed by atoms with van der Waals surface area (Å²) in [6.45, 7) is 1.64. The smallest absolute Gasteiger partial charge is 0.271 e. The molecule has 5 nitrogen and oxygen atoms in total. The Balaban J connectivity index is 1.74. The van der Waals surface area contributed by atoms with Gasteiger partial charge in [-0.25, -0.2) is 18.2 Å². The van der Waals surface area contributed by atoms with Crippen LogP contribution in [0, 0.1) is 5.82 Å². The number of halogens is 3. The quantitative estimate of drug-likeness (QED) is 0.890. The molecule has 25 heavy (non-hydrogen) atoms. The highest BCUT2D eigenvalue weighted by molar-refractivity contribution is 5.92. The predicted molar refractivity (Wildman–Crippen MR) is 85.7 cm³/mol. The first-order valence-electron chi connectivity index (χ1n) is 7.95. The fourth-order valence-corrected chi connectivity index (χ4v) is 2.71. The maximum absolute atomic E-state index is 13.5. The number of rotatable bonds is 4. The lowest BCUT2D eigenvalue weighted by Crippen LogP contribution is -2.45. The molecule has 8 heteroatoms. The molecule has 0 radical (unpaired) electrons. The molecule has 0 spiro atoms. The van der Waals surface area contributed by atoms with Crippen LogP contribution in [0.5, 0.6) is 0 Å². The van der Waals surface area contributed by atoms with Gasteiger partial charge in [0.25, 0.3) is 12.3 Å². The summed E-state index contributed by atoms with van der Waals surface area (Å²) < 4.78 is 39.0. The number of nitrogens with one attached hydrogen (secondary N) is 2. The van der Waals surface area contributed by atoms with Gasteiger partial charge in [-0.1, -0.05) is 0 Å². The third-order valence-electron chi connectivity index (χ3n) is 3.98. The van der Waals surface area contributed by atoms with Gasteiger partial charge in [0.15, 0.2) is 0 Å². The molecule has 2 aromatic rings. The van der Waals surface area contributed by atoms with Crippen molar-refractivity contribution >= 4 is 5.91 Å². The molecule has 1 aliphatic heterocycles. The van der Waals surface area contributed by atoms with E-state index in [4.69, 9.17) is 0 Å². The summed E-state index contributed by atoms with van der Waals surface area (Å²) in [5.41, 5.74) is 0.103. The number of amides is 1. The predicted octanol–water partition coefficient (Wildman–Crippen LogP) is 2.70. The maximum Gasteiger partial charge on any atom is 0.271 e. The highest BCUT2D eigenvalue weighted by Gasteiger charge is 2.18. The number of carbonyl (C=O) groups is 1. The number of piperidine rings is 1. The van der Waals surface area contributed by atoms with Gasteiger partial charge in [-0.3, -0.25) is 9.78 Å². The molecule has 1 aromatic carbocycles. The summed E-state index contributed by atoms with van der Waals surface area (Å²) in [5, 5.41) is 6.06. The Hall–Kier alpha value is -2.48. The van der Waals surface area contributed by atoms with Gasteiger partial charge < -0.3 is 10.6 Å². The van der Waals surface area contributed by atoms with Crippen molar-refractivity contribution in [3.63, 3.8) is 0 Å². The second-order valence-electron chi connectivity index (χ2n) is 5.88. The lowest BCUT2D eigenvalue weighted by atomic mass is 10.1. The van der Waals surface area contributed by atoms with Crippen LogP contribution in [0.2, 0.25) is 0 Å². The fourth-order valence-electron chi connectivity index (χ4n) is 2.71. The second kappa shape index (κ2) is 7.60. The highest BCUT2D eigenvalue weighted by atomic mass is 19.3. The van der Waals surface area contributed by atoms with Gasteiger partial charge in [-0.15, -0.1) is 0 Å². The molecule has 1 aliphatic rings. The number of alkyl halides is 2. The van der Waals surface area contributed by atoms with Crippen LogP contribution in [0.3, 0.4) is 0 Å². The van der Waals surface area contributed by atoms with E-state index in [1.807, 2.05) is 0 Å². The van der Waals surface area contributed by atoms with E-state index in [9.17, 15) is 18.0 Å². The Morgan fingerprint density at radius 3 is 2.72 bits per heavy atom. The SMILES string of the molecule is O=C(NC1CCCNC1)c1cnc(-c2cc(F)cc(C(F)F)c2)cn1. The minimum Gasteiger partial charge on any atom is -0.347 e. The van der Waals surface area contributed by atoms with Crippen molar-refractivity contribution in [2.45, 2.75) is 25.3 Å². The summed E-state index contributed by atoms with van der Waals surface area (Å²) in [7, 11) is 0.